The Hall–Kier alpha value is -1.11. The van der Waals surface area contributed by atoms with Crippen LogP contribution in [0.2, 0.25) is 0 Å². The molecule has 0 aliphatic carbocycles. The summed E-state index contributed by atoms with van der Waals surface area (Å²) in [6.07, 6.45) is -8.39. The first kappa shape index (κ1) is 16.9. The molecule has 0 bridgehead atoms. The third-order valence-electron chi connectivity index (χ3n) is 2.50. The van der Waals surface area contributed by atoms with Crippen LogP contribution in [0.25, 0.3) is 0 Å². The standard InChI is InChI=1S/C13H13F5OS/c14-10(13(17,18)8-11(15)16)6-7-20-12(19)9-4-2-1-3-5-9/h1-5,10-11H,6-8H2. The van der Waals surface area contributed by atoms with Crippen molar-refractivity contribution in [3.05, 3.63) is 35.9 Å². The summed E-state index contributed by atoms with van der Waals surface area (Å²) in [5.41, 5.74) is 0.382. The van der Waals surface area contributed by atoms with E-state index in [0.29, 0.717) is 17.3 Å². The number of carbonyl (C=O) groups is 1. The quantitative estimate of drug-likeness (QED) is 0.686. The van der Waals surface area contributed by atoms with Gasteiger partial charge in [0.1, 0.15) is 0 Å². The van der Waals surface area contributed by atoms with E-state index in [0.717, 1.165) is 0 Å². The minimum Gasteiger partial charge on any atom is -0.282 e. The Bertz CT molecular complexity index is 424. The number of benzene rings is 1. The zero-order valence-corrected chi connectivity index (χ0v) is 11.2. The highest BCUT2D eigenvalue weighted by Crippen LogP contribution is 2.31. The molecule has 1 aromatic rings. The van der Waals surface area contributed by atoms with Gasteiger partial charge >= 0.3 is 0 Å². The van der Waals surface area contributed by atoms with E-state index < -0.39 is 31.4 Å². The molecule has 0 spiro atoms. The van der Waals surface area contributed by atoms with Gasteiger partial charge in [-0.25, -0.2) is 22.0 Å². The molecule has 20 heavy (non-hydrogen) atoms. The molecule has 0 fully saturated rings. The fourth-order valence-electron chi connectivity index (χ4n) is 1.46. The van der Waals surface area contributed by atoms with Gasteiger partial charge in [-0.1, -0.05) is 42.1 Å². The van der Waals surface area contributed by atoms with Crippen molar-refractivity contribution in [2.75, 3.05) is 5.75 Å². The Labute approximate surface area is 117 Å². The van der Waals surface area contributed by atoms with Gasteiger partial charge in [0.05, 0.1) is 6.42 Å². The molecular weight excluding hydrogens is 299 g/mol. The van der Waals surface area contributed by atoms with Crippen LogP contribution in [-0.4, -0.2) is 29.4 Å². The predicted molar refractivity (Wildman–Crippen MR) is 68.3 cm³/mol. The lowest BCUT2D eigenvalue weighted by atomic mass is 10.1. The maximum absolute atomic E-state index is 13.2. The molecule has 0 aliphatic heterocycles. The van der Waals surface area contributed by atoms with Crippen LogP contribution in [-0.2, 0) is 0 Å². The summed E-state index contributed by atoms with van der Waals surface area (Å²) < 4.78 is 62.8. The molecule has 1 atom stereocenters. The SMILES string of the molecule is O=C(SCCC(F)C(F)(F)CC(F)F)c1ccccc1. The summed E-state index contributed by atoms with van der Waals surface area (Å²) in [7, 11) is 0. The maximum atomic E-state index is 13.2. The Morgan fingerprint density at radius 1 is 1.15 bits per heavy atom. The van der Waals surface area contributed by atoms with Crippen LogP contribution in [0.3, 0.4) is 0 Å². The van der Waals surface area contributed by atoms with Crippen LogP contribution in [0.15, 0.2) is 30.3 Å². The highest BCUT2D eigenvalue weighted by molar-refractivity contribution is 8.14. The first-order valence-corrected chi connectivity index (χ1v) is 6.83. The topological polar surface area (TPSA) is 17.1 Å². The molecule has 112 valence electrons. The zero-order valence-electron chi connectivity index (χ0n) is 10.4. The summed E-state index contributed by atoms with van der Waals surface area (Å²) in [4.78, 5) is 11.6. The number of hydrogen-bond donors (Lipinski definition) is 0. The minimum absolute atomic E-state index is 0.187. The van der Waals surface area contributed by atoms with Gasteiger partial charge in [-0.15, -0.1) is 0 Å². The lowest BCUT2D eigenvalue weighted by Gasteiger charge is -2.19. The van der Waals surface area contributed by atoms with Gasteiger partial charge in [-0.3, -0.25) is 4.79 Å². The summed E-state index contributed by atoms with van der Waals surface area (Å²) in [6.45, 7) is 0. The van der Waals surface area contributed by atoms with Crippen LogP contribution in [0.1, 0.15) is 23.2 Å². The Kier molecular flexibility index (Phi) is 6.45. The Balaban J connectivity index is 2.39. The molecule has 0 heterocycles. The first-order chi connectivity index (χ1) is 9.33. The highest BCUT2D eigenvalue weighted by atomic mass is 32.2. The molecular formula is C13H13F5OS. The average molecular weight is 312 g/mol. The van der Waals surface area contributed by atoms with E-state index in [2.05, 4.69) is 0 Å². The van der Waals surface area contributed by atoms with Crippen molar-refractivity contribution in [1.29, 1.82) is 0 Å². The van der Waals surface area contributed by atoms with E-state index in [4.69, 9.17) is 0 Å². The number of hydrogen-bond acceptors (Lipinski definition) is 2. The van der Waals surface area contributed by atoms with Gasteiger partial charge in [-0.05, 0) is 6.42 Å². The largest absolute Gasteiger partial charge is 0.284 e. The predicted octanol–water partition coefficient (Wildman–Crippen LogP) is 4.58. The number of carbonyl (C=O) groups excluding carboxylic acids is 1. The van der Waals surface area contributed by atoms with Crippen molar-refractivity contribution in [2.45, 2.75) is 31.4 Å². The fraction of sp³-hybridized carbons (Fsp3) is 0.462. The van der Waals surface area contributed by atoms with E-state index in [9.17, 15) is 26.7 Å². The van der Waals surface area contributed by atoms with E-state index in [1.807, 2.05) is 0 Å². The van der Waals surface area contributed by atoms with Crippen molar-refractivity contribution in [2.24, 2.45) is 0 Å². The Morgan fingerprint density at radius 2 is 1.75 bits per heavy atom. The highest BCUT2D eigenvalue weighted by Gasteiger charge is 2.42. The van der Waals surface area contributed by atoms with Crippen molar-refractivity contribution in [3.8, 4) is 0 Å². The molecule has 0 amide bonds. The normalized spacial score (nSPS) is 13.5. The van der Waals surface area contributed by atoms with Crippen LogP contribution in [0, 0.1) is 0 Å². The van der Waals surface area contributed by atoms with Crippen LogP contribution in [0.5, 0.6) is 0 Å². The molecule has 1 nitrogen and oxygen atoms in total. The van der Waals surface area contributed by atoms with Crippen molar-refractivity contribution in [3.63, 3.8) is 0 Å². The van der Waals surface area contributed by atoms with Crippen molar-refractivity contribution in [1.82, 2.24) is 0 Å². The van der Waals surface area contributed by atoms with E-state index in [1.165, 1.54) is 0 Å². The van der Waals surface area contributed by atoms with E-state index in [1.54, 1.807) is 30.3 Å². The number of alkyl halides is 5. The number of halogens is 5. The second-order valence-electron chi connectivity index (χ2n) is 4.11. The number of thioether (sulfide) groups is 1. The second-order valence-corrected chi connectivity index (χ2v) is 5.18. The molecule has 0 saturated carbocycles. The summed E-state index contributed by atoms with van der Waals surface area (Å²) in [5, 5.41) is -0.366. The van der Waals surface area contributed by atoms with Gasteiger partial charge in [0, 0.05) is 11.3 Å². The summed E-state index contributed by atoms with van der Waals surface area (Å²) in [6, 6.07) is 8.09. The summed E-state index contributed by atoms with van der Waals surface area (Å²) >= 11 is 0.693. The van der Waals surface area contributed by atoms with E-state index >= 15 is 0 Å². The van der Waals surface area contributed by atoms with Crippen molar-refractivity contribution < 1.29 is 26.7 Å². The first-order valence-electron chi connectivity index (χ1n) is 5.85. The minimum atomic E-state index is -4.06. The third-order valence-corrected chi connectivity index (χ3v) is 3.44. The molecule has 7 heteroatoms. The summed E-state index contributed by atoms with van der Waals surface area (Å²) in [5.74, 6) is -4.25. The smallest absolute Gasteiger partial charge is 0.282 e. The van der Waals surface area contributed by atoms with E-state index in [-0.39, 0.29) is 10.9 Å². The van der Waals surface area contributed by atoms with Gasteiger partial charge in [0.2, 0.25) is 11.5 Å². The molecule has 0 saturated heterocycles. The molecule has 1 unspecified atom stereocenters. The zero-order chi connectivity index (χ0) is 15.2. The Morgan fingerprint density at radius 3 is 2.30 bits per heavy atom. The van der Waals surface area contributed by atoms with Crippen LogP contribution < -0.4 is 0 Å². The van der Waals surface area contributed by atoms with Gasteiger partial charge < -0.3 is 0 Å². The molecule has 0 aliphatic rings. The van der Waals surface area contributed by atoms with Crippen LogP contribution in [0.4, 0.5) is 22.0 Å². The van der Waals surface area contributed by atoms with Gasteiger partial charge in [0.15, 0.2) is 6.17 Å². The second kappa shape index (κ2) is 7.61. The van der Waals surface area contributed by atoms with Gasteiger partial charge in [0.25, 0.3) is 5.92 Å². The van der Waals surface area contributed by atoms with Crippen LogP contribution >= 0.6 is 11.8 Å². The van der Waals surface area contributed by atoms with Crippen molar-refractivity contribution >= 4 is 16.9 Å². The molecule has 0 aromatic heterocycles. The third kappa shape index (κ3) is 5.48. The van der Waals surface area contributed by atoms with Gasteiger partial charge in [-0.2, -0.15) is 0 Å². The average Bonchev–Trinajstić information content (AvgIpc) is 2.38. The molecule has 1 aromatic carbocycles. The fourth-order valence-corrected chi connectivity index (χ4v) is 2.27. The molecule has 0 N–H and O–H groups in total. The number of rotatable bonds is 7. The monoisotopic (exact) mass is 312 g/mol. The lowest BCUT2D eigenvalue weighted by Crippen LogP contribution is -2.32. The molecule has 0 radical (unpaired) electrons. The lowest BCUT2D eigenvalue weighted by molar-refractivity contribution is -0.108. The maximum Gasteiger partial charge on any atom is 0.284 e. The molecule has 1 rings (SSSR count).